The Morgan fingerprint density at radius 1 is 1.07 bits per heavy atom. The quantitative estimate of drug-likeness (QED) is 0.885. The van der Waals surface area contributed by atoms with E-state index in [1.54, 1.807) is 12.3 Å². The van der Waals surface area contributed by atoms with Crippen LogP contribution in [0.5, 0.6) is 0 Å². The summed E-state index contributed by atoms with van der Waals surface area (Å²) in [5, 5.41) is 11.8. The van der Waals surface area contributed by atoms with Crippen molar-refractivity contribution in [1.82, 2.24) is 9.88 Å². The topological polar surface area (TPSA) is 72.3 Å². The third-order valence-corrected chi connectivity index (χ3v) is 4.77. The van der Waals surface area contributed by atoms with Crippen LogP contribution in [0.25, 0.3) is 0 Å². The molecule has 2 heterocycles. The summed E-state index contributed by atoms with van der Waals surface area (Å²) in [6.45, 7) is 9.21. The second kappa shape index (κ2) is 7.67. The predicted molar refractivity (Wildman–Crippen MR) is 107 cm³/mol. The number of piperazine rings is 1. The first-order valence-corrected chi connectivity index (χ1v) is 9.14. The molecule has 3 rings (SSSR count). The fourth-order valence-corrected chi connectivity index (χ4v) is 3.03. The molecule has 0 saturated carbocycles. The smallest absolute Gasteiger partial charge is 0.321 e. The summed E-state index contributed by atoms with van der Waals surface area (Å²) < 4.78 is 0. The van der Waals surface area contributed by atoms with Crippen LogP contribution in [-0.2, 0) is 5.41 Å². The Balaban J connectivity index is 1.54. The predicted octanol–water partition coefficient (Wildman–Crippen LogP) is 3.60. The molecule has 6 nitrogen and oxygen atoms in total. The van der Waals surface area contributed by atoms with Crippen molar-refractivity contribution in [3.63, 3.8) is 0 Å². The van der Waals surface area contributed by atoms with Gasteiger partial charge in [-0.25, -0.2) is 9.78 Å². The Hall–Kier alpha value is -3.07. The van der Waals surface area contributed by atoms with Crippen LogP contribution < -0.4 is 10.2 Å². The van der Waals surface area contributed by atoms with Crippen molar-refractivity contribution in [2.45, 2.75) is 26.2 Å². The molecule has 27 heavy (non-hydrogen) atoms. The third-order valence-electron chi connectivity index (χ3n) is 4.77. The van der Waals surface area contributed by atoms with Crippen LogP contribution >= 0.6 is 0 Å². The Labute approximate surface area is 160 Å². The fraction of sp³-hybridized carbons (Fsp3) is 0.381. The van der Waals surface area contributed by atoms with Crippen LogP contribution in [0.15, 0.2) is 42.6 Å². The molecule has 0 aliphatic carbocycles. The summed E-state index contributed by atoms with van der Waals surface area (Å²) in [4.78, 5) is 20.8. The highest BCUT2D eigenvalue weighted by molar-refractivity contribution is 5.89. The second-order valence-electron chi connectivity index (χ2n) is 7.75. The Morgan fingerprint density at radius 2 is 1.74 bits per heavy atom. The third kappa shape index (κ3) is 4.56. The molecule has 0 unspecified atom stereocenters. The lowest BCUT2D eigenvalue weighted by Gasteiger charge is -2.35. The van der Waals surface area contributed by atoms with Gasteiger partial charge in [0.2, 0.25) is 0 Å². The molecule has 1 aromatic heterocycles. The van der Waals surface area contributed by atoms with Gasteiger partial charge in [0.25, 0.3) is 0 Å². The van der Waals surface area contributed by atoms with Gasteiger partial charge >= 0.3 is 6.03 Å². The van der Waals surface area contributed by atoms with Gasteiger partial charge in [-0.05, 0) is 35.2 Å². The van der Waals surface area contributed by atoms with E-state index in [0.29, 0.717) is 18.7 Å². The van der Waals surface area contributed by atoms with E-state index in [1.807, 2.05) is 23.1 Å². The molecule has 1 aromatic carbocycles. The van der Waals surface area contributed by atoms with Gasteiger partial charge in [-0.2, -0.15) is 5.26 Å². The highest BCUT2D eigenvalue weighted by Crippen LogP contribution is 2.23. The molecule has 0 bridgehead atoms. The number of hydrogen-bond acceptors (Lipinski definition) is 4. The summed E-state index contributed by atoms with van der Waals surface area (Å²) in [6.07, 6.45) is 1.58. The zero-order valence-electron chi connectivity index (χ0n) is 16.1. The van der Waals surface area contributed by atoms with Gasteiger partial charge in [-0.15, -0.1) is 0 Å². The van der Waals surface area contributed by atoms with Gasteiger partial charge in [0.05, 0.1) is 5.56 Å². The first-order valence-electron chi connectivity index (χ1n) is 9.14. The normalized spacial score (nSPS) is 14.6. The number of amides is 2. The molecule has 2 amide bonds. The van der Waals surface area contributed by atoms with Crippen LogP contribution in [0.4, 0.5) is 16.3 Å². The lowest BCUT2D eigenvalue weighted by molar-refractivity contribution is 0.208. The summed E-state index contributed by atoms with van der Waals surface area (Å²) in [6, 6.07) is 13.6. The second-order valence-corrected chi connectivity index (χ2v) is 7.75. The number of carbonyl (C=O) groups excluding carboxylic acids is 1. The lowest BCUT2D eigenvalue weighted by atomic mass is 9.87. The maximum atomic E-state index is 12.5. The molecule has 1 N–H and O–H groups in total. The molecular weight excluding hydrogens is 338 g/mol. The Morgan fingerprint density at radius 3 is 2.26 bits per heavy atom. The number of anilines is 2. The monoisotopic (exact) mass is 363 g/mol. The number of nitrogens with one attached hydrogen (secondary N) is 1. The minimum Gasteiger partial charge on any atom is -0.353 e. The van der Waals surface area contributed by atoms with E-state index in [2.05, 4.69) is 54.2 Å². The maximum Gasteiger partial charge on any atom is 0.321 e. The lowest BCUT2D eigenvalue weighted by Crippen LogP contribution is -2.50. The zero-order valence-corrected chi connectivity index (χ0v) is 16.1. The number of nitrogens with zero attached hydrogens (tertiary/aromatic N) is 4. The Bertz CT molecular complexity index is 823. The summed E-state index contributed by atoms with van der Waals surface area (Å²) in [5.74, 6) is 0.840. The summed E-state index contributed by atoms with van der Waals surface area (Å²) >= 11 is 0. The van der Waals surface area contributed by atoms with Gasteiger partial charge in [0.15, 0.2) is 0 Å². The van der Waals surface area contributed by atoms with Gasteiger partial charge in [-0.1, -0.05) is 32.9 Å². The van der Waals surface area contributed by atoms with E-state index >= 15 is 0 Å². The first-order chi connectivity index (χ1) is 12.9. The van der Waals surface area contributed by atoms with E-state index in [-0.39, 0.29) is 11.4 Å². The molecule has 6 heteroatoms. The van der Waals surface area contributed by atoms with Crippen molar-refractivity contribution >= 4 is 17.5 Å². The molecule has 140 valence electrons. The average molecular weight is 363 g/mol. The molecular formula is C21H25N5O. The van der Waals surface area contributed by atoms with Crippen LogP contribution in [-0.4, -0.2) is 42.1 Å². The first kappa shape index (κ1) is 18.7. The van der Waals surface area contributed by atoms with Crippen LogP contribution in [0.3, 0.4) is 0 Å². The van der Waals surface area contributed by atoms with Crippen molar-refractivity contribution < 1.29 is 4.79 Å². The van der Waals surface area contributed by atoms with Crippen molar-refractivity contribution in [2.24, 2.45) is 0 Å². The number of nitriles is 1. The van der Waals surface area contributed by atoms with Gasteiger partial charge in [0.1, 0.15) is 11.9 Å². The molecule has 1 saturated heterocycles. The number of carbonyl (C=O) groups is 1. The number of rotatable bonds is 2. The standard InChI is InChI=1S/C21H25N5O/c1-21(2,3)17-5-7-18(8-6-17)24-20(27)26-12-10-25(11-13-26)19-9-4-16(14-22)15-23-19/h4-9,15H,10-13H2,1-3H3,(H,24,27). The molecule has 1 fully saturated rings. The minimum absolute atomic E-state index is 0.0778. The number of pyridine rings is 1. The van der Waals surface area contributed by atoms with Crippen molar-refractivity contribution in [3.8, 4) is 6.07 Å². The van der Waals surface area contributed by atoms with Crippen molar-refractivity contribution in [1.29, 1.82) is 5.26 Å². The number of aromatic nitrogens is 1. The van der Waals surface area contributed by atoms with E-state index in [0.717, 1.165) is 24.6 Å². The largest absolute Gasteiger partial charge is 0.353 e. The van der Waals surface area contributed by atoms with Gasteiger partial charge < -0.3 is 15.1 Å². The summed E-state index contributed by atoms with van der Waals surface area (Å²) in [7, 11) is 0. The minimum atomic E-state index is -0.0778. The van der Waals surface area contributed by atoms with Gasteiger partial charge in [-0.3, -0.25) is 0 Å². The molecule has 1 aliphatic heterocycles. The molecule has 2 aromatic rings. The number of urea groups is 1. The van der Waals surface area contributed by atoms with Crippen molar-refractivity contribution in [3.05, 3.63) is 53.7 Å². The fourth-order valence-electron chi connectivity index (χ4n) is 3.03. The van der Waals surface area contributed by atoms with Crippen molar-refractivity contribution in [2.75, 3.05) is 36.4 Å². The average Bonchev–Trinajstić information content (AvgIpc) is 2.68. The highest BCUT2D eigenvalue weighted by Gasteiger charge is 2.22. The van der Waals surface area contributed by atoms with Crippen LogP contribution in [0.2, 0.25) is 0 Å². The highest BCUT2D eigenvalue weighted by atomic mass is 16.2. The Kier molecular flexibility index (Phi) is 5.31. The number of benzene rings is 1. The van der Waals surface area contributed by atoms with Crippen LogP contribution in [0, 0.1) is 11.3 Å². The molecule has 0 atom stereocenters. The van der Waals surface area contributed by atoms with E-state index in [9.17, 15) is 4.79 Å². The SMILES string of the molecule is CC(C)(C)c1ccc(NC(=O)N2CCN(c3ccc(C#N)cn3)CC2)cc1. The van der Waals surface area contributed by atoms with Gasteiger partial charge in [0, 0.05) is 38.1 Å². The molecule has 0 radical (unpaired) electrons. The molecule has 0 spiro atoms. The van der Waals surface area contributed by atoms with Crippen LogP contribution in [0.1, 0.15) is 31.9 Å². The van der Waals surface area contributed by atoms with E-state index in [4.69, 9.17) is 5.26 Å². The van der Waals surface area contributed by atoms with E-state index < -0.39 is 0 Å². The van der Waals surface area contributed by atoms with E-state index in [1.165, 1.54) is 5.56 Å². The maximum absolute atomic E-state index is 12.5. The number of hydrogen-bond donors (Lipinski definition) is 1. The zero-order chi connectivity index (χ0) is 19.4. The molecule has 1 aliphatic rings. The summed E-state index contributed by atoms with van der Waals surface area (Å²) in [5.41, 5.74) is 2.70.